The molecule has 5 heteroatoms. The van der Waals surface area contributed by atoms with E-state index in [0.29, 0.717) is 17.6 Å². The SMILES string of the molecule is Cc1nc(NC2CC2)cc(C(=O)N2CCC(C)CC2)n1. The first kappa shape index (κ1) is 13.3. The second kappa shape index (κ2) is 5.38. The van der Waals surface area contributed by atoms with Crippen LogP contribution in [0.3, 0.4) is 0 Å². The number of carbonyl (C=O) groups excluding carboxylic acids is 1. The van der Waals surface area contributed by atoms with Crippen LogP contribution in [0.1, 0.15) is 48.9 Å². The van der Waals surface area contributed by atoms with Gasteiger partial charge in [0.05, 0.1) is 0 Å². The summed E-state index contributed by atoms with van der Waals surface area (Å²) < 4.78 is 0. The standard InChI is InChI=1S/C15H22N4O/c1-10-5-7-19(8-6-10)15(20)13-9-14(17-11(2)16-13)18-12-3-4-12/h9-10,12H,3-8H2,1-2H3,(H,16,17,18). The maximum Gasteiger partial charge on any atom is 0.272 e. The van der Waals surface area contributed by atoms with E-state index in [1.54, 1.807) is 6.07 Å². The molecule has 5 nitrogen and oxygen atoms in total. The molecule has 0 atom stereocenters. The Labute approximate surface area is 119 Å². The van der Waals surface area contributed by atoms with Crippen molar-refractivity contribution in [2.24, 2.45) is 5.92 Å². The number of hydrogen-bond acceptors (Lipinski definition) is 4. The summed E-state index contributed by atoms with van der Waals surface area (Å²) in [6, 6.07) is 2.33. The molecule has 3 rings (SSSR count). The van der Waals surface area contributed by atoms with Gasteiger partial charge in [-0.2, -0.15) is 0 Å². The minimum absolute atomic E-state index is 0.0428. The third-order valence-electron chi connectivity index (χ3n) is 4.06. The second-order valence-corrected chi connectivity index (χ2v) is 6.08. The zero-order valence-electron chi connectivity index (χ0n) is 12.2. The van der Waals surface area contributed by atoms with Gasteiger partial charge in [0.25, 0.3) is 5.91 Å². The quantitative estimate of drug-likeness (QED) is 0.918. The van der Waals surface area contributed by atoms with Gasteiger partial charge in [-0.05, 0) is 38.5 Å². The summed E-state index contributed by atoms with van der Waals surface area (Å²) >= 11 is 0. The third-order valence-corrected chi connectivity index (χ3v) is 4.06. The van der Waals surface area contributed by atoms with Crippen molar-refractivity contribution >= 4 is 11.7 Å². The van der Waals surface area contributed by atoms with E-state index in [2.05, 4.69) is 22.2 Å². The normalized spacial score (nSPS) is 20.0. The molecule has 0 radical (unpaired) electrons. The average Bonchev–Trinajstić information content (AvgIpc) is 3.22. The maximum absolute atomic E-state index is 12.5. The van der Waals surface area contributed by atoms with Gasteiger partial charge in [-0.25, -0.2) is 9.97 Å². The molecule has 20 heavy (non-hydrogen) atoms. The summed E-state index contributed by atoms with van der Waals surface area (Å²) in [6.07, 6.45) is 4.55. The minimum atomic E-state index is 0.0428. The molecule has 0 spiro atoms. The van der Waals surface area contributed by atoms with E-state index in [1.165, 1.54) is 12.8 Å². The zero-order valence-corrected chi connectivity index (χ0v) is 12.2. The van der Waals surface area contributed by atoms with Crippen LogP contribution in [0.25, 0.3) is 0 Å². The molecular weight excluding hydrogens is 252 g/mol. The molecule has 1 N–H and O–H groups in total. The van der Waals surface area contributed by atoms with Crippen LogP contribution in [-0.4, -0.2) is 39.9 Å². The number of aryl methyl sites for hydroxylation is 1. The summed E-state index contributed by atoms with van der Waals surface area (Å²) in [5.41, 5.74) is 0.523. The Morgan fingerprint density at radius 2 is 1.95 bits per heavy atom. The zero-order chi connectivity index (χ0) is 14.1. The third kappa shape index (κ3) is 3.08. The van der Waals surface area contributed by atoms with E-state index in [-0.39, 0.29) is 5.91 Å². The molecule has 1 aromatic rings. The van der Waals surface area contributed by atoms with Crippen molar-refractivity contribution in [3.8, 4) is 0 Å². The van der Waals surface area contributed by atoms with Crippen LogP contribution in [-0.2, 0) is 0 Å². The number of piperidine rings is 1. The molecule has 2 heterocycles. The van der Waals surface area contributed by atoms with E-state index in [1.807, 2.05) is 11.8 Å². The Morgan fingerprint density at radius 1 is 1.25 bits per heavy atom. The Morgan fingerprint density at radius 3 is 2.60 bits per heavy atom. The van der Waals surface area contributed by atoms with Gasteiger partial charge in [0.1, 0.15) is 17.3 Å². The lowest BCUT2D eigenvalue weighted by Crippen LogP contribution is -2.38. The topological polar surface area (TPSA) is 58.1 Å². The largest absolute Gasteiger partial charge is 0.367 e. The Hall–Kier alpha value is -1.65. The van der Waals surface area contributed by atoms with E-state index in [9.17, 15) is 4.79 Å². The van der Waals surface area contributed by atoms with Crippen LogP contribution < -0.4 is 5.32 Å². The number of anilines is 1. The summed E-state index contributed by atoms with van der Waals surface area (Å²) in [5.74, 6) is 2.21. The molecule has 0 bridgehead atoms. The Balaban J connectivity index is 1.74. The molecule has 2 aliphatic rings. The monoisotopic (exact) mass is 274 g/mol. The van der Waals surface area contributed by atoms with E-state index in [4.69, 9.17) is 0 Å². The number of hydrogen-bond donors (Lipinski definition) is 1. The molecule has 1 saturated heterocycles. The Kier molecular flexibility index (Phi) is 3.59. The van der Waals surface area contributed by atoms with Gasteiger partial charge in [0.15, 0.2) is 0 Å². The lowest BCUT2D eigenvalue weighted by molar-refractivity contribution is 0.0691. The van der Waals surface area contributed by atoms with E-state index < -0.39 is 0 Å². The van der Waals surface area contributed by atoms with Crippen LogP contribution in [0.15, 0.2) is 6.07 Å². The molecule has 1 aromatic heterocycles. The van der Waals surface area contributed by atoms with Crippen LogP contribution in [0, 0.1) is 12.8 Å². The van der Waals surface area contributed by atoms with Gasteiger partial charge in [-0.3, -0.25) is 4.79 Å². The average molecular weight is 274 g/mol. The first-order valence-corrected chi connectivity index (χ1v) is 7.53. The number of aromatic nitrogens is 2. The molecule has 0 unspecified atom stereocenters. The smallest absolute Gasteiger partial charge is 0.272 e. The fourth-order valence-corrected chi connectivity index (χ4v) is 2.56. The predicted octanol–water partition coefficient (Wildman–Crippen LogP) is 2.23. The molecule has 0 aromatic carbocycles. The predicted molar refractivity (Wildman–Crippen MR) is 77.7 cm³/mol. The summed E-state index contributed by atoms with van der Waals surface area (Å²) in [6.45, 7) is 5.77. The fourth-order valence-electron chi connectivity index (χ4n) is 2.56. The van der Waals surface area contributed by atoms with Crippen molar-refractivity contribution < 1.29 is 4.79 Å². The Bertz CT molecular complexity index is 505. The first-order valence-electron chi connectivity index (χ1n) is 7.53. The highest BCUT2D eigenvalue weighted by molar-refractivity contribution is 5.93. The van der Waals surface area contributed by atoms with E-state index >= 15 is 0 Å². The van der Waals surface area contributed by atoms with Crippen LogP contribution in [0.2, 0.25) is 0 Å². The van der Waals surface area contributed by atoms with Crippen LogP contribution in [0.4, 0.5) is 5.82 Å². The van der Waals surface area contributed by atoms with Crippen LogP contribution >= 0.6 is 0 Å². The number of carbonyl (C=O) groups is 1. The number of nitrogens with one attached hydrogen (secondary N) is 1. The summed E-state index contributed by atoms with van der Waals surface area (Å²) in [7, 11) is 0. The van der Waals surface area contributed by atoms with Gasteiger partial charge in [0, 0.05) is 25.2 Å². The van der Waals surface area contributed by atoms with Gasteiger partial charge in [-0.1, -0.05) is 6.92 Å². The molecule has 1 amide bonds. The van der Waals surface area contributed by atoms with Crippen molar-refractivity contribution in [3.63, 3.8) is 0 Å². The van der Waals surface area contributed by atoms with Gasteiger partial charge in [0.2, 0.25) is 0 Å². The first-order chi connectivity index (χ1) is 9.61. The lowest BCUT2D eigenvalue weighted by atomic mass is 9.99. The van der Waals surface area contributed by atoms with Gasteiger partial charge in [-0.15, -0.1) is 0 Å². The van der Waals surface area contributed by atoms with E-state index in [0.717, 1.165) is 37.7 Å². The maximum atomic E-state index is 12.5. The molecule has 1 aliphatic heterocycles. The lowest BCUT2D eigenvalue weighted by Gasteiger charge is -2.30. The highest BCUT2D eigenvalue weighted by Gasteiger charge is 2.25. The minimum Gasteiger partial charge on any atom is -0.367 e. The molecule has 1 aliphatic carbocycles. The number of amides is 1. The van der Waals surface area contributed by atoms with Crippen molar-refractivity contribution in [1.29, 1.82) is 0 Å². The molecule has 1 saturated carbocycles. The molecule has 2 fully saturated rings. The summed E-state index contributed by atoms with van der Waals surface area (Å²) in [5, 5.41) is 3.34. The van der Waals surface area contributed by atoms with Gasteiger partial charge < -0.3 is 10.2 Å². The number of likely N-dealkylation sites (tertiary alicyclic amines) is 1. The fraction of sp³-hybridized carbons (Fsp3) is 0.667. The molecular formula is C15H22N4O. The van der Waals surface area contributed by atoms with Crippen molar-refractivity contribution in [2.45, 2.75) is 45.6 Å². The van der Waals surface area contributed by atoms with Crippen LogP contribution in [0.5, 0.6) is 0 Å². The van der Waals surface area contributed by atoms with Gasteiger partial charge >= 0.3 is 0 Å². The highest BCUT2D eigenvalue weighted by Crippen LogP contribution is 2.24. The number of nitrogens with zero attached hydrogens (tertiary/aromatic N) is 3. The molecule has 108 valence electrons. The number of rotatable bonds is 3. The highest BCUT2D eigenvalue weighted by atomic mass is 16.2. The summed E-state index contributed by atoms with van der Waals surface area (Å²) in [4.78, 5) is 23.1. The van der Waals surface area contributed by atoms with Crippen molar-refractivity contribution in [3.05, 3.63) is 17.6 Å². The van der Waals surface area contributed by atoms with Crippen molar-refractivity contribution in [2.75, 3.05) is 18.4 Å². The van der Waals surface area contributed by atoms with Crippen molar-refractivity contribution in [1.82, 2.24) is 14.9 Å². The second-order valence-electron chi connectivity index (χ2n) is 6.08.